The van der Waals surface area contributed by atoms with Crippen LogP contribution in [0.25, 0.3) is 11.1 Å². The van der Waals surface area contributed by atoms with Gasteiger partial charge in [0.2, 0.25) is 6.43 Å². The van der Waals surface area contributed by atoms with Crippen molar-refractivity contribution in [1.29, 1.82) is 0 Å². The fraction of sp³-hybridized carbons (Fsp3) is 0.333. The monoisotopic (exact) mass is 389 g/mol. The third-order valence-electron chi connectivity index (χ3n) is 4.77. The molecule has 0 unspecified atom stereocenters. The second-order valence-corrected chi connectivity index (χ2v) is 6.65. The van der Waals surface area contributed by atoms with Crippen molar-refractivity contribution < 1.29 is 28.2 Å². The van der Waals surface area contributed by atoms with Crippen LogP contribution < -0.4 is 0 Å². The van der Waals surface area contributed by atoms with Crippen molar-refractivity contribution in [2.24, 2.45) is 0 Å². The van der Waals surface area contributed by atoms with Gasteiger partial charge in [-0.2, -0.15) is 0 Å². The third kappa shape index (κ3) is 4.47. The Balaban J connectivity index is 1.69. The first-order valence-electron chi connectivity index (χ1n) is 9.07. The summed E-state index contributed by atoms with van der Waals surface area (Å²) in [5, 5.41) is 8.98. The highest BCUT2D eigenvalue weighted by atomic mass is 19.3. The number of carbonyl (C=O) groups is 2. The molecule has 0 spiro atoms. The van der Waals surface area contributed by atoms with Gasteiger partial charge in [-0.25, -0.2) is 13.6 Å². The summed E-state index contributed by atoms with van der Waals surface area (Å²) in [6, 6.07) is 15.7. The summed E-state index contributed by atoms with van der Waals surface area (Å²) in [5.41, 5.74) is 4.25. The van der Waals surface area contributed by atoms with Gasteiger partial charge in [0.1, 0.15) is 13.2 Å². The molecule has 0 radical (unpaired) electrons. The number of fused-ring (bicyclic) bond motifs is 3. The SMILES string of the molecule is O=C(O)CN(CCCC(F)F)C(=O)OCC1c2ccccc2-c2ccccc21. The van der Waals surface area contributed by atoms with E-state index in [0.29, 0.717) is 0 Å². The van der Waals surface area contributed by atoms with Crippen LogP contribution in [-0.2, 0) is 9.53 Å². The first-order chi connectivity index (χ1) is 13.5. The van der Waals surface area contributed by atoms with Crippen molar-refractivity contribution in [3.8, 4) is 11.1 Å². The number of alkyl halides is 2. The third-order valence-corrected chi connectivity index (χ3v) is 4.77. The van der Waals surface area contributed by atoms with Gasteiger partial charge in [-0.05, 0) is 28.7 Å². The Morgan fingerprint density at radius 2 is 1.61 bits per heavy atom. The second kappa shape index (κ2) is 8.82. The predicted octanol–water partition coefficient (Wildman–Crippen LogP) is 4.37. The lowest BCUT2D eigenvalue weighted by Gasteiger charge is -2.22. The molecule has 2 aromatic rings. The Hall–Kier alpha value is -2.96. The second-order valence-electron chi connectivity index (χ2n) is 6.65. The zero-order valence-corrected chi connectivity index (χ0v) is 15.2. The number of carboxylic acid groups (broad SMARTS) is 1. The summed E-state index contributed by atoms with van der Waals surface area (Å²) in [6.07, 6.45) is -3.69. The fourth-order valence-corrected chi connectivity index (χ4v) is 3.52. The quantitative estimate of drug-likeness (QED) is 0.728. The Morgan fingerprint density at radius 1 is 1.04 bits per heavy atom. The molecule has 1 aliphatic carbocycles. The molecule has 1 amide bonds. The van der Waals surface area contributed by atoms with Crippen molar-refractivity contribution in [2.75, 3.05) is 19.7 Å². The number of carbonyl (C=O) groups excluding carboxylic acids is 1. The molecule has 0 aromatic heterocycles. The van der Waals surface area contributed by atoms with E-state index in [1.165, 1.54) is 0 Å². The molecule has 1 aliphatic rings. The fourth-order valence-electron chi connectivity index (χ4n) is 3.52. The molecule has 0 heterocycles. The van der Waals surface area contributed by atoms with E-state index in [0.717, 1.165) is 27.2 Å². The highest BCUT2D eigenvalue weighted by molar-refractivity contribution is 5.79. The average Bonchev–Trinajstić information content (AvgIpc) is 2.99. The molecule has 3 rings (SSSR count). The topological polar surface area (TPSA) is 66.8 Å². The van der Waals surface area contributed by atoms with Gasteiger partial charge in [0.15, 0.2) is 0 Å². The van der Waals surface area contributed by atoms with E-state index in [-0.39, 0.29) is 25.5 Å². The van der Waals surface area contributed by atoms with Crippen molar-refractivity contribution in [1.82, 2.24) is 4.90 Å². The minimum Gasteiger partial charge on any atom is -0.480 e. The zero-order chi connectivity index (χ0) is 20.1. The molecule has 0 bridgehead atoms. The van der Waals surface area contributed by atoms with E-state index in [1.807, 2.05) is 48.5 Å². The number of halogens is 2. The summed E-state index contributed by atoms with van der Waals surface area (Å²) in [4.78, 5) is 24.3. The van der Waals surface area contributed by atoms with Crippen LogP contribution in [0.3, 0.4) is 0 Å². The van der Waals surface area contributed by atoms with E-state index in [4.69, 9.17) is 9.84 Å². The van der Waals surface area contributed by atoms with Crippen LogP contribution in [0.2, 0.25) is 0 Å². The van der Waals surface area contributed by atoms with Crippen LogP contribution >= 0.6 is 0 Å². The molecule has 0 atom stereocenters. The van der Waals surface area contributed by atoms with Gasteiger partial charge in [-0.1, -0.05) is 48.5 Å². The van der Waals surface area contributed by atoms with Crippen molar-refractivity contribution >= 4 is 12.1 Å². The van der Waals surface area contributed by atoms with Crippen LogP contribution in [0.1, 0.15) is 29.9 Å². The van der Waals surface area contributed by atoms with Gasteiger partial charge in [-0.3, -0.25) is 9.69 Å². The molecule has 5 nitrogen and oxygen atoms in total. The lowest BCUT2D eigenvalue weighted by molar-refractivity contribution is -0.138. The van der Waals surface area contributed by atoms with Crippen LogP contribution in [-0.4, -0.2) is 48.2 Å². The minimum atomic E-state index is -2.49. The standard InChI is InChI=1S/C21H21F2NO4/c22-19(23)10-5-11-24(12-20(25)26)21(27)28-13-18-16-8-3-1-6-14(16)15-7-2-4-9-17(15)18/h1-4,6-9,18-19H,5,10-13H2,(H,25,26). The van der Waals surface area contributed by atoms with E-state index in [2.05, 4.69) is 0 Å². The van der Waals surface area contributed by atoms with Crippen LogP contribution in [0.4, 0.5) is 13.6 Å². The first kappa shape index (κ1) is 19.8. The van der Waals surface area contributed by atoms with Gasteiger partial charge in [0.05, 0.1) is 0 Å². The molecule has 7 heteroatoms. The van der Waals surface area contributed by atoms with Gasteiger partial charge in [0, 0.05) is 18.9 Å². The highest BCUT2D eigenvalue weighted by Crippen LogP contribution is 2.44. The Kier molecular flexibility index (Phi) is 6.23. The normalized spacial score (nSPS) is 12.5. The molecule has 148 valence electrons. The van der Waals surface area contributed by atoms with Gasteiger partial charge < -0.3 is 9.84 Å². The maximum atomic E-state index is 12.4. The average molecular weight is 389 g/mol. The number of nitrogens with zero attached hydrogens (tertiary/aromatic N) is 1. The summed E-state index contributed by atoms with van der Waals surface area (Å²) >= 11 is 0. The maximum Gasteiger partial charge on any atom is 0.410 e. The summed E-state index contributed by atoms with van der Waals surface area (Å²) in [7, 11) is 0. The summed E-state index contributed by atoms with van der Waals surface area (Å²) in [5.74, 6) is -1.37. The summed E-state index contributed by atoms with van der Waals surface area (Å²) in [6.45, 7) is -0.620. The number of carboxylic acids is 1. The van der Waals surface area contributed by atoms with E-state index < -0.39 is 31.5 Å². The van der Waals surface area contributed by atoms with Crippen LogP contribution in [0, 0.1) is 0 Å². The first-order valence-corrected chi connectivity index (χ1v) is 9.07. The number of amides is 1. The molecule has 28 heavy (non-hydrogen) atoms. The van der Waals surface area contributed by atoms with Crippen molar-refractivity contribution in [2.45, 2.75) is 25.2 Å². The van der Waals surface area contributed by atoms with Crippen molar-refractivity contribution in [3.63, 3.8) is 0 Å². The smallest absolute Gasteiger partial charge is 0.410 e. The van der Waals surface area contributed by atoms with Crippen molar-refractivity contribution in [3.05, 3.63) is 59.7 Å². The molecule has 0 saturated carbocycles. The van der Waals surface area contributed by atoms with Crippen LogP contribution in [0.5, 0.6) is 0 Å². The summed E-state index contributed by atoms with van der Waals surface area (Å²) < 4.78 is 30.1. The number of hydrogen-bond acceptors (Lipinski definition) is 3. The zero-order valence-electron chi connectivity index (χ0n) is 15.2. The lowest BCUT2D eigenvalue weighted by Crippen LogP contribution is -2.37. The molecule has 1 N–H and O–H groups in total. The van der Waals surface area contributed by atoms with Crippen LogP contribution in [0.15, 0.2) is 48.5 Å². The largest absolute Gasteiger partial charge is 0.480 e. The van der Waals surface area contributed by atoms with Gasteiger partial charge in [0.25, 0.3) is 0 Å². The highest BCUT2D eigenvalue weighted by Gasteiger charge is 2.30. The molecule has 0 saturated heterocycles. The Morgan fingerprint density at radius 3 is 2.14 bits per heavy atom. The van der Waals surface area contributed by atoms with E-state index in [1.54, 1.807) is 0 Å². The molecule has 0 aliphatic heterocycles. The molecular formula is C21H21F2NO4. The van der Waals surface area contributed by atoms with Gasteiger partial charge in [-0.15, -0.1) is 0 Å². The number of ether oxygens (including phenoxy) is 1. The predicted molar refractivity (Wildman–Crippen MR) is 99.5 cm³/mol. The van der Waals surface area contributed by atoms with E-state index >= 15 is 0 Å². The number of aliphatic carboxylic acids is 1. The van der Waals surface area contributed by atoms with Gasteiger partial charge >= 0.3 is 12.1 Å². The maximum absolute atomic E-state index is 12.4. The number of benzene rings is 2. The Bertz CT molecular complexity index is 810. The molecule has 2 aromatic carbocycles. The number of rotatable bonds is 8. The lowest BCUT2D eigenvalue weighted by atomic mass is 9.98. The Labute approximate surface area is 161 Å². The molecular weight excluding hydrogens is 368 g/mol. The minimum absolute atomic E-state index is 0.00907. The van der Waals surface area contributed by atoms with E-state index in [9.17, 15) is 18.4 Å². The molecule has 0 fully saturated rings. The number of hydrogen-bond donors (Lipinski definition) is 1.